The van der Waals surface area contributed by atoms with Crippen LogP contribution in [0.3, 0.4) is 0 Å². The molecule has 0 aliphatic carbocycles. The molecule has 0 rings (SSSR count). The summed E-state index contributed by atoms with van der Waals surface area (Å²) in [4.78, 5) is 10.7. The van der Waals surface area contributed by atoms with Gasteiger partial charge in [-0.05, 0) is 19.8 Å². The number of aliphatic hydroxyl groups is 3. The average molecular weight is 403 g/mol. The Labute approximate surface area is 172 Å². The van der Waals surface area contributed by atoms with Crippen LogP contribution in [-0.2, 0) is 4.79 Å². The van der Waals surface area contributed by atoms with Gasteiger partial charge in [-0.25, -0.2) is 0 Å². The Balaban J connectivity index is 3.64. The Hall–Kier alpha value is -0.650. The van der Waals surface area contributed by atoms with Crippen molar-refractivity contribution in [3.8, 4) is 0 Å². The van der Waals surface area contributed by atoms with E-state index in [2.05, 4.69) is 6.92 Å². The molecule has 0 amide bonds. The van der Waals surface area contributed by atoms with Gasteiger partial charge in [-0.3, -0.25) is 4.79 Å². The highest BCUT2D eigenvalue weighted by Gasteiger charge is 2.40. The van der Waals surface area contributed by atoms with Crippen molar-refractivity contribution in [3.05, 3.63) is 0 Å². The number of unbranched alkanes of at least 4 members (excludes halogenated alkanes) is 13. The fourth-order valence-corrected chi connectivity index (χ4v) is 3.74. The largest absolute Gasteiger partial charge is 0.481 e. The highest BCUT2D eigenvalue weighted by atomic mass is 16.4. The zero-order valence-corrected chi connectivity index (χ0v) is 18.4. The molecule has 3 atom stereocenters. The summed E-state index contributed by atoms with van der Waals surface area (Å²) in [5.41, 5.74) is -1.74. The maximum atomic E-state index is 10.7. The normalized spacial score (nSPS) is 15.9. The summed E-state index contributed by atoms with van der Waals surface area (Å²) in [6, 6.07) is 0. The minimum absolute atomic E-state index is 0.139. The summed E-state index contributed by atoms with van der Waals surface area (Å²) in [7, 11) is 0. The molecule has 0 saturated heterocycles. The van der Waals surface area contributed by atoms with Crippen LogP contribution in [0.5, 0.6) is 0 Å². The van der Waals surface area contributed by atoms with Crippen LogP contribution in [0.25, 0.3) is 0 Å². The molecule has 0 saturated carbocycles. The van der Waals surface area contributed by atoms with E-state index in [4.69, 9.17) is 5.11 Å². The molecular formula is C23H46O5. The predicted molar refractivity (Wildman–Crippen MR) is 114 cm³/mol. The third kappa shape index (κ3) is 13.5. The quantitative estimate of drug-likeness (QED) is 0.210. The number of carbonyl (C=O) groups is 1. The zero-order chi connectivity index (χ0) is 21.3. The summed E-state index contributed by atoms with van der Waals surface area (Å²) in [6.07, 6.45) is 15.3. The van der Waals surface area contributed by atoms with E-state index in [-0.39, 0.29) is 12.8 Å². The van der Waals surface area contributed by atoms with Crippen LogP contribution >= 0.6 is 0 Å². The van der Waals surface area contributed by atoms with E-state index in [1.807, 2.05) is 0 Å². The van der Waals surface area contributed by atoms with Gasteiger partial charge in [-0.15, -0.1) is 0 Å². The van der Waals surface area contributed by atoms with Gasteiger partial charge in [0.05, 0.1) is 12.2 Å². The van der Waals surface area contributed by atoms with E-state index in [0.29, 0.717) is 6.42 Å². The smallest absolute Gasteiger partial charge is 0.303 e. The first-order valence-corrected chi connectivity index (χ1v) is 11.6. The second-order valence-corrected chi connectivity index (χ2v) is 8.46. The molecule has 0 spiro atoms. The van der Waals surface area contributed by atoms with Gasteiger partial charge in [0.2, 0.25) is 0 Å². The molecule has 0 aliphatic heterocycles. The van der Waals surface area contributed by atoms with Gasteiger partial charge < -0.3 is 20.4 Å². The highest BCUT2D eigenvalue weighted by molar-refractivity contribution is 5.66. The average Bonchev–Trinajstić information content (AvgIpc) is 2.65. The number of aliphatic carboxylic acids is 1. The van der Waals surface area contributed by atoms with Crippen LogP contribution in [0.4, 0.5) is 0 Å². The van der Waals surface area contributed by atoms with Crippen LogP contribution in [0.1, 0.15) is 123 Å². The molecule has 0 aromatic rings. The molecule has 0 heterocycles. The second-order valence-electron chi connectivity index (χ2n) is 8.46. The summed E-state index contributed by atoms with van der Waals surface area (Å²) in [5.74, 6) is -1.04. The number of hydrogen-bond donors (Lipinski definition) is 4. The molecule has 5 nitrogen and oxygen atoms in total. The lowest BCUT2D eigenvalue weighted by Crippen LogP contribution is -2.51. The van der Waals surface area contributed by atoms with Gasteiger partial charge in [-0.2, -0.15) is 0 Å². The standard InChI is InChI=1S/C23H46O5/c1-3-4-5-6-7-8-9-10-11-12-13-14-15-16-17-21(25)23(28,20(2)24)19-18-22(26)27/h20-21,24-25,28H,3-19H2,1-2H3,(H,26,27). The summed E-state index contributed by atoms with van der Waals surface area (Å²) >= 11 is 0. The monoisotopic (exact) mass is 402 g/mol. The van der Waals surface area contributed by atoms with E-state index in [0.717, 1.165) is 19.3 Å². The van der Waals surface area contributed by atoms with Gasteiger partial charge in [0.1, 0.15) is 5.60 Å². The molecule has 168 valence electrons. The van der Waals surface area contributed by atoms with E-state index >= 15 is 0 Å². The van der Waals surface area contributed by atoms with Crippen LogP contribution in [-0.4, -0.2) is 44.2 Å². The molecule has 0 fully saturated rings. The SMILES string of the molecule is CCCCCCCCCCCCCCCCC(O)C(O)(CCC(=O)O)C(C)O. The van der Waals surface area contributed by atoms with Gasteiger partial charge in [0.25, 0.3) is 0 Å². The van der Waals surface area contributed by atoms with Gasteiger partial charge >= 0.3 is 5.97 Å². The molecule has 3 unspecified atom stereocenters. The maximum absolute atomic E-state index is 10.7. The van der Waals surface area contributed by atoms with Crippen molar-refractivity contribution in [2.45, 2.75) is 141 Å². The Kier molecular flexibility index (Phi) is 16.8. The number of hydrogen-bond acceptors (Lipinski definition) is 4. The lowest BCUT2D eigenvalue weighted by Gasteiger charge is -2.35. The van der Waals surface area contributed by atoms with Crippen LogP contribution in [0, 0.1) is 0 Å². The Morgan fingerprint density at radius 1 is 0.786 bits per heavy atom. The Morgan fingerprint density at radius 3 is 1.54 bits per heavy atom. The Morgan fingerprint density at radius 2 is 1.18 bits per heavy atom. The van der Waals surface area contributed by atoms with Gasteiger partial charge in [0, 0.05) is 6.42 Å². The number of carboxylic acid groups (broad SMARTS) is 1. The van der Waals surface area contributed by atoms with E-state index in [1.54, 1.807) is 0 Å². The summed E-state index contributed by atoms with van der Waals surface area (Å²) in [6.45, 7) is 3.65. The van der Waals surface area contributed by atoms with Crippen molar-refractivity contribution in [3.63, 3.8) is 0 Å². The van der Waals surface area contributed by atoms with Crippen molar-refractivity contribution in [1.29, 1.82) is 0 Å². The molecular weight excluding hydrogens is 356 g/mol. The number of aliphatic hydroxyl groups excluding tert-OH is 2. The summed E-state index contributed by atoms with van der Waals surface area (Å²) < 4.78 is 0. The maximum Gasteiger partial charge on any atom is 0.303 e. The first kappa shape index (κ1) is 27.4. The van der Waals surface area contributed by atoms with Crippen LogP contribution in [0.2, 0.25) is 0 Å². The number of rotatable bonds is 20. The molecule has 0 aromatic carbocycles. The van der Waals surface area contributed by atoms with Crippen LogP contribution in [0.15, 0.2) is 0 Å². The molecule has 28 heavy (non-hydrogen) atoms. The molecule has 4 N–H and O–H groups in total. The van der Waals surface area contributed by atoms with Gasteiger partial charge in [-0.1, -0.05) is 96.8 Å². The van der Waals surface area contributed by atoms with Crippen molar-refractivity contribution >= 4 is 5.97 Å². The topological polar surface area (TPSA) is 98.0 Å². The fraction of sp³-hybridized carbons (Fsp3) is 0.957. The third-order valence-corrected chi connectivity index (χ3v) is 5.87. The highest BCUT2D eigenvalue weighted by Crippen LogP contribution is 2.26. The molecule has 0 aliphatic rings. The zero-order valence-electron chi connectivity index (χ0n) is 18.4. The lowest BCUT2D eigenvalue weighted by atomic mass is 9.84. The number of carboxylic acids is 1. The second kappa shape index (κ2) is 17.2. The first-order chi connectivity index (χ1) is 13.3. The van der Waals surface area contributed by atoms with E-state index < -0.39 is 23.8 Å². The molecule has 5 heteroatoms. The van der Waals surface area contributed by atoms with E-state index in [9.17, 15) is 20.1 Å². The van der Waals surface area contributed by atoms with Crippen LogP contribution < -0.4 is 0 Å². The molecule has 0 bridgehead atoms. The van der Waals surface area contributed by atoms with E-state index in [1.165, 1.54) is 77.6 Å². The third-order valence-electron chi connectivity index (χ3n) is 5.87. The minimum atomic E-state index is -1.74. The van der Waals surface area contributed by atoms with Crippen molar-refractivity contribution < 1.29 is 25.2 Å². The van der Waals surface area contributed by atoms with Crippen molar-refractivity contribution in [2.24, 2.45) is 0 Å². The van der Waals surface area contributed by atoms with Gasteiger partial charge in [0.15, 0.2) is 0 Å². The fourth-order valence-electron chi connectivity index (χ4n) is 3.74. The minimum Gasteiger partial charge on any atom is -0.481 e. The molecule has 0 aromatic heterocycles. The summed E-state index contributed by atoms with van der Waals surface area (Å²) in [5, 5.41) is 39.2. The first-order valence-electron chi connectivity index (χ1n) is 11.6. The predicted octanol–water partition coefficient (Wildman–Crippen LogP) is 5.20. The Bertz CT molecular complexity index is 372. The molecule has 0 radical (unpaired) electrons. The van der Waals surface area contributed by atoms with Crippen molar-refractivity contribution in [2.75, 3.05) is 0 Å². The lowest BCUT2D eigenvalue weighted by molar-refractivity contribution is -0.156. The van der Waals surface area contributed by atoms with Crippen molar-refractivity contribution in [1.82, 2.24) is 0 Å².